The van der Waals surface area contributed by atoms with Crippen LogP contribution in [0.1, 0.15) is 54.2 Å². The van der Waals surface area contributed by atoms with E-state index in [1.165, 1.54) is 48.5 Å². The molecule has 254 valence electrons. The number of alkyl halides is 9. The van der Waals surface area contributed by atoms with Crippen molar-refractivity contribution in [3.05, 3.63) is 118 Å². The first kappa shape index (κ1) is 36.3. The third-order valence-corrected chi connectivity index (χ3v) is 12.8. The highest BCUT2D eigenvalue weighted by Crippen LogP contribution is 2.72. The zero-order chi connectivity index (χ0) is 35.0. The van der Waals surface area contributed by atoms with Gasteiger partial charge in [-0.3, -0.25) is 0 Å². The topological polar surface area (TPSA) is 43.4 Å². The van der Waals surface area contributed by atoms with E-state index in [-0.39, 0.29) is 27.5 Å². The summed E-state index contributed by atoms with van der Waals surface area (Å²) < 4.78 is 162. The van der Waals surface area contributed by atoms with Crippen molar-refractivity contribution in [2.45, 2.75) is 78.1 Å². The van der Waals surface area contributed by atoms with Crippen molar-refractivity contribution in [1.29, 1.82) is 0 Å². The second kappa shape index (κ2) is 13.2. The van der Waals surface area contributed by atoms with Crippen molar-refractivity contribution in [3.63, 3.8) is 0 Å². The minimum absolute atomic E-state index is 0.123. The Labute approximate surface area is 268 Å². The van der Waals surface area contributed by atoms with Crippen LogP contribution in [0.2, 0.25) is 0 Å². The van der Waals surface area contributed by atoms with E-state index in [2.05, 4.69) is 0 Å². The molecule has 0 fully saturated rings. The Morgan fingerprint density at radius 3 is 1.28 bits per heavy atom. The normalized spacial score (nSPS) is 13.5. The van der Waals surface area contributed by atoms with Gasteiger partial charge in [-0.15, -0.1) is 0 Å². The largest absolute Gasteiger partial charge is 0.417 e. The fourth-order valence-corrected chi connectivity index (χ4v) is 11.4. The van der Waals surface area contributed by atoms with Crippen LogP contribution >= 0.6 is 10.3 Å². The minimum Gasteiger partial charge on any atom is -0.203 e. The molecule has 14 heteroatoms. The van der Waals surface area contributed by atoms with Crippen molar-refractivity contribution >= 4 is 20.4 Å². The van der Waals surface area contributed by atoms with Gasteiger partial charge >= 0.3 is 28.6 Å². The van der Waals surface area contributed by atoms with Gasteiger partial charge in [-0.05, 0) is 82.7 Å². The molecule has 0 amide bonds. The summed E-state index contributed by atoms with van der Waals surface area (Å²) in [4.78, 5) is -1.94. The van der Waals surface area contributed by atoms with E-state index in [4.69, 9.17) is 3.63 Å². The molecule has 0 N–H and O–H groups in total. The molecular formula is C33H29F9O3S2. The summed E-state index contributed by atoms with van der Waals surface area (Å²) in [6, 6.07) is 17.3. The van der Waals surface area contributed by atoms with E-state index < -0.39 is 72.7 Å². The molecule has 4 rings (SSSR count). The van der Waals surface area contributed by atoms with Crippen LogP contribution in [-0.2, 0) is 51.5 Å². The zero-order valence-corrected chi connectivity index (χ0v) is 26.8. The fraction of sp³-hybridized carbons (Fsp3) is 0.273. The third-order valence-electron chi connectivity index (χ3n) is 7.38. The summed E-state index contributed by atoms with van der Waals surface area (Å²) in [7, 11) is -9.94. The molecule has 4 aromatic carbocycles. The molecule has 0 heterocycles. The Kier molecular flexibility index (Phi) is 10.2. The van der Waals surface area contributed by atoms with Gasteiger partial charge in [0.25, 0.3) is 0 Å². The lowest BCUT2D eigenvalue weighted by atomic mass is 10.0. The Morgan fingerprint density at radius 1 is 0.553 bits per heavy atom. The highest BCUT2D eigenvalue weighted by atomic mass is 32.3. The average Bonchev–Trinajstić information content (AvgIpc) is 3.02. The molecule has 0 saturated carbocycles. The van der Waals surface area contributed by atoms with Gasteiger partial charge in [-0.2, -0.15) is 47.9 Å². The number of benzene rings is 4. The molecule has 4 aromatic rings. The first-order valence-corrected chi connectivity index (χ1v) is 17.2. The van der Waals surface area contributed by atoms with Crippen LogP contribution in [0, 0.1) is 0 Å². The lowest BCUT2D eigenvalue weighted by Gasteiger charge is -2.42. The maximum Gasteiger partial charge on any atom is 0.417 e. The monoisotopic (exact) mass is 708 g/mol. The quantitative estimate of drug-likeness (QED) is 0.163. The van der Waals surface area contributed by atoms with Crippen LogP contribution in [-0.4, -0.2) is 8.42 Å². The van der Waals surface area contributed by atoms with E-state index in [0.717, 1.165) is 5.56 Å². The van der Waals surface area contributed by atoms with Crippen molar-refractivity contribution < 1.29 is 51.6 Å². The van der Waals surface area contributed by atoms with Crippen molar-refractivity contribution in [3.8, 4) is 0 Å². The van der Waals surface area contributed by atoms with Crippen LogP contribution in [0.25, 0.3) is 0 Å². The van der Waals surface area contributed by atoms with Gasteiger partial charge in [-0.25, -0.2) is 3.63 Å². The van der Waals surface area contributed by atoms with Gasteiger partial charge in [0.15, 0.2) is 0 Å². The highest BCUT2D eigenvalue weighted by Gasteiger charge is 2.51. The van der Waals surface area contributed by atoms with Crippen LogP contribution in [0.4, 0.5) is 39.5 Å². The summed E-state index contributed by atoms with van der Waals surface area (Å²) in [5.41, 5.74) is -5.69. The standard InChI is InChI=1S/C33H29F9O3S2/c1-4-21-17-22(5-2)29(23(6-3)18-21)46(25-13-9-7-10-14-25,26-15-11-8-12-16-26)45-47(43,44)30-27(32(37,38)39)19-24(31(34,35)36)20-28(30)33(40,41)42/h7-20H,4-6H2,1-3H3. The highest BCUT2D eigenvalue weighted by molar-refractivity contribution is 8.33. The Balaban J connectivity index is 2.25. The second-order valence-electron chi connectivity index (χ2n) is 10.4. The molecule has 47 heavy (non-hydrogen) atoms. The summed E-state index contributed by atoms with van der Waals surface area (Å²) in [5, 5.41) is 0. The van der Waals surface area contributed by atoms with Crippen LogP contribution in [0.3, 0.4) is 0 Å². The molecule has 0 bridgehead atoms. The smallest absolute Gasteiger partial charge is 0.203 e. The molecule has 0 aliphatic heterocycles. The predicted molar refractivity (Wildman–Crippen MR) is 160 cm³/mol. The lowest BCUT2D eigenvalue weighted by molar-refractivity contribution is -0.152. The molecule has 0 atom stereocenters. The predicted octanol–water partition coefficient (Wildman–Crippen LogP) is 11.0. The van der Waals surface area contributed by atoms with Crippen molar-refractivity contribution in [1.82, 2.24) is 0 Å². The number of aryl methyl sites for hydroxylation is 3. The van der Waals surface area contributed by atoms with E-state index in [1.807, 2.05) is 6.92 Å². The Hall–Kier alpha value is -3.49. The minimum atomic E-state index is -6.19. The molecule has 0 saturated heterocycles. The molecular weight excluding hydrogens is 679 g/mol. The van der Waals surface area contributed by atoms with E-state index in [9.17, 15) is 47.9 Å². The van der Waals surface area contributed by atoms with E-state index in [1.54, 1.807) is 38.1 Å². The lowest BCUT2D eigenvalue weighted by Crippen LogP contribution is -2.25. The SMILES string of the molecule is CCc1cc(CC)c(S(OS(=O)(=O)c2c(C(F)(F)F)cc(C(F)(F)F)cc2C(F)(F)F)(c2ccccc2)c2ccccc2)c(CC)c1. The van der Waals surface area contributed by atoms with E-state index in [0.29, 0.717) is 17.5 Å². The first-order chi connectivity index (χ1) is 21.8. The van der Waals surface area contributed by atoms with Crippen molar-refractivity contribution in [2.75, 3.05) is 0 Å². The number of halogens is 9. The summed E-state index contributed by atoms with van der Waals surface area (Å²) in [6.07, 6.45) is -16.5. The Bertz CT molecular complexity index is 1730. The number of hydrogen-bond acceptors (Lipinski definition) is 3. The fourth-order valence-electron chi connectivity index (χ4n) is 5.29. The first-order valence-electron chi connectivity index (χ1n) is 14.2. The molecule has 0 aliphatic carbocycles. The van der Waals surface area contributed by atoms with Gasteiger partial charge < -0.3 is 0 Å². The van der Waals surface area contributed by atoms with Crippen LogP contribution < -0.4 is 0 Å². The Morgan fingerprint density at radius 2 is 0.957 bits per heavy atom. The molecule has 0 aliphatic rings. The maximum atomic E-state index is 14.4. The summed E-state index contributed by atoms with van der Waals surface area (Å²) in [5.74, 6) is 0. The maximum absolute atomic E-state index is 14.4. The molecule has 0 spiro atoms. The molecule has 0 radical (unpaired) electrons. The average molecular weight is 709 g/mol. The zero-order valence-electron chi connectivity index (χ0n) is 25.1. The third kappa shape index (κ3) is 7.19. The van der Waals surface area contributed by atoms with Gasteiger partial charge in [0, 0.05) is 14.7 Å². The van der Waals surface area contributed by atoms with Gasteiger partial charge in [0.1, 0.15) is 4.90 Å². The van der Waals surface area contributed by atoms with Crippen molar-refractivity contribution in [2.24, 2.45) is 0 Å². The second-order valence-corrected chi connectivity index (χ2v) is 14.7. The molecule has 0 unspecified atom stereocenters. The number of hydrogen-bond donors (Lipinski definition) is 0. The van der Waals surface area contributed by atoms with Gasteiger partial charge in [0.2, 0.25) is 0 Å². The van der Waals surface area contributed by atoms with Crippen LogP contribution in [0.15, 0.2) is 105 Å². The van der Waals surface area contributed by atoms with Crippen LogP contribution in [0.5, 0.6) is 0 Å². The summed E-state index contributed by atoms with van der Waals surface area (Å²) >= 11 is 0. The number of rotatable bonds is 9. The molecule has 0 aromatic heterocycles. The van der Waals surface area contributed by atoms with E-state index >= 15 is 0 Å². The summed E-state index contributed by atoms with van der Waals surface area (Å²) in [6.45, 7) is 5.39. The van der Waals surface area contributed by atoms with Gasteiger partial charge in [0.05, 0.1) is 16.7 Å². The van der Waals surface area contributed by atoms with Gasteiger partial charge in [-0.1, -0.05) is 69.3 Å². The molecule has 3 nitrogen and oxygen atoms in total.